The topological polar surface area (TPSA) is 57.8 Å². The largest absolute Gasteiger partial charge is 0.496 e. The molecule has 120 valence electrons. The molecule has 0 saturated heterocycles. The molecule has 0 saturated carbocycles. The zero-order valence-corrected chi connectivity index (χ0v) is 13.7. The molecule has 0 N–H and O–H groups in total. The summed E-state index contributed by atoms with van der Waals surface area (Å²) in [6, 6.07) is 4.02. The van der Waals surface area contributed by atoms with E-state index in [4.69, 9.17) is 4.74 Å². The van der Waals surface area contributed by atoms with Crippen LogP contribution < -0.4 is 4.74 Å². The number of rotatable bonds is 6. The molecule has 0 aliphatic carbocycles. The first-order chi connectivity index (χ1) is 11.2. The Morgan fingerprint density at radius 3 is 2.74 bits per heavy atom. The van der Waals surface area contributed by atoms with Crippen molar-refractivity contribution in [3.8, 4) is 17.0 Å². The number of imidazole rings is 1. The third-order valence-corrected chi connectivity index (χ3v) is 4.13. The Morgan fingerprint density at radius 1 is 1.13 bits per heavy atom. The van der Waals surface area contributed by atoms with Gasteiger partial charge >= 0.3 is 0 Å². The molecule has 0 spiro atoms. The van der Waals surface area contributed by atoms with Crippen molar-refractivity contribution in [3.63, 3.8) is 0 Å². The highest BCUT2D eigenvalue weighted by Gasteiger charge is 2.11. The maximum absolute atomic E-state index is 5.36. The molecule has 3 aromatic rings. The number of ether oxygens (including phenoxy) is 1. The van der Waals surface area contributed by atoms with Gasteiger partial charge in [0, 0.05) is 31.0 Å². The third-order valence-electron chi connectivity index (χ3n) is 4.13. The summed E-state index contributed by atoms with van der Waals surface area (Å²) in [4.78, 5) is 4.04. The lowest BCUT2D eigenvalue weighted by Crippen LogP contribution is -2.03. The van der Waals surface area contributed by atoms with Gasteiger partial charge in [-0.05, 0) is 43.5 Å². The van der Waals surface area contributed by atoms with Crippen LogP contribution in [0.1, 0.15) is 17.5 Å². The van der Waals surface area contributed by atoms with Crippen LogP contribution >= 0.6 is 0 Å². The molecule has 6 nitrogen and oxygen atoms in total. The van der Waals surface area contributed by atoms with E-state index in [2.05, 4.69) is 33.7 Å². The molecule has 6 heteroatoms. The molecule has 0 amide bonds. The normalized spacial score (nSPS) is 10.9. The molecular formula is C17H21N5O. The lowest BCUT2D eigenvalue weighted by molar-refractivity contribution is 0.411. The van der Waals surface area contributed by atoms with Gasteiger partial charge in [-0.2, -0.15) is 0 Å². The lowest BCUT2D eigenvalue weighted by atomic mass is 10.0. The van der Waals surface area contributed by atoms with Gasteiger partial charge in [0.25, 0.3) is 0 Å². The number of methoxy groups -OCH3 is 1. The van der Waals surface area contributed by atoms with Crippen molar-refractivity contribution in [3.05, 3.63) is 48.2 Å². The Balaban J connectivity index is 1.70. The molecule has 2 heterocycles. The fraction of sp³-hybridized carbons (Fsp3) is 0.353. The molecule has 0 bridgehead atoms. The van der Waals surface area contributed by atoms with Gasteiger partial charge in [0.05, 0.1) is 19.6 Å². The summed E-state index contributed by atoms with van der Waals surface area (Å²) >= 11 is 0. The van der Waals surface area contributed by atoms with E-state index in [0.29, 0.717) is 0 Å². The smallest absolute Gasteiger partial charge is 0.122 e. The number of hydrogen-bond donors (Lipinski definition) is 0. The van der Waals surface area contributed by atoms with E-state index in [1.54, 1.807) is 13.3 Å². The van der Waals surface area contributed by atoms with E-state index in [1.807, 2.05) is 35.5 Å². The number of aromatic nitrogens is 5. The molecule has 23 heavy (non-hydrogen) atoms. The number of nitrogens with zero attached hydrogens (tertiary/aromatic N) is 5. The van der Waals surface area contributed by atoms with Gasteiger partial charge in [0.2, 0.25) is 0 Å². The summed E-state index contributed by atoms with van der Waals surface area (Å²) in [6.07, 6.45) is 8.58. The number of aryl methyl sites for hydroxylation is 2. The summed E-state index contributed by atoms with van der Waals surface area (Å²) in [6.45, 7) is 5.91. The molecule has 0 aliphatic rings. The van der Waals surface area contributed by atoms with Gasteiger partial charge in [-0.25, -0.2) is 4.98 Å². The summed E-state index contributed by atoms with van der Waals surface area (Å²) in [7, 11) is 1.69. The van der Waals surface area contributed by atoms with Gasteiger partial charge < -0.3 is 9.30 Å². The first-order valence-electron chi connectivity index (χ1n) is 7.69. The zero-order chi connectivity index (χ0) is 16.2. The Bertz CT molecular complexity index is 776. The minimum Gasteiger partial charge on any atom is -0.496 e. The molecule has 0 unspecified atom stereocenters. The summed E-state index contributed by atoms with van der Waals surface area (Å²) < 4.78 is 9.32. The predicted molar refractivity (Wildman–Crippen MR) is 88.3 cm³/mol. The zero-order valence-electron chi connectivity index (χ0n) is 13.7. The summed E-state index contributed by atoms with van der Waals surface area (Å²) in [5, 5.41) is 8.55. The fourth-order valence-corrected chi connectivity index (χ4v) is 2.66. The van der Waals surface area contributed by atoms with Crippen molar-refractivity contribution >= 4 is 0 Å². The molecule has 3 rings (SSSR count). The van der Waals surface area contributed by atoms with E-state index < -0.39 is 0 Å². The van der Waals surface area contributed by atoms with Gasteiger partial charge in [0.1, 0.15) is 11.4 Å². The van der Waals surface area contributed by atoms with Crippen LogP contribution in [0.15, 0.2) is 37.1 Å². The highest BCUT2D eigenvalue weighted by atomic mass is 16.5. The van der Waals surface area contributed by atoms with Gasteiger partial charge in [-0.1, -0.05) is 5.21 Å². The highest BCUT2D eigenvalue weighted by Crippen LogP contribution is 2.29. The first kappa shape index (κ1) is 15.3. The second-order valence-corrected chi connectivity index (χ2v) is 5.59. The van der Waals surface area contributed by atoms with Crippen LogP contribution in [0.3, 0.4) is 0 Å². The van der Waals surface area contributed by atoms with Gasteiger partial charge in [-0.3, -0.25) is 4.68 Å². The molecule has 0 aliphatic heterocycles. The minimum atomic E-state index is 0.833. The Morgan fingerprint density at radius 2 is 2.00 bits per heavy atom. The van der Waals surface area contributed by atoms with E-state index in [9.17, 15) is 0 Å². The van der Waals surface area contributed by atoms with Crippen LogP contribution in [0.25, 0.3) is 11.3 Å². The van der Waals surface area contributed by atoms with Crippen LogP contribution in [-0.2, 0) is 13.1 Å². The molecule has 1 aromatic carbocycles. The van der Waals surface area contributed by atoms with Crippen molar-refractivity contribution < 1.29 is 4.74 Å². The molecule has 0 radical (unpaired) electrons. The van der Waals surface area contributed by atoms with Crippen molar-refractivity contribution in [2.45, 2.75) is 33.4 Å². The molecular weight excluding hydrogens is 290 g/mol. The van der Waals surface area contributed by atoms with E-state index in [-0.39, 0.29) is 0 Å². The summed E-state index contributed by atoms with van der Waals surface area (Å²) in [5.74, 6) is 0.902. The van der Waals surface area contributed by atoms with Crippen molar-refractivity contribution in [1.29, 1.82) is 0 Å². The molecule has 0 fully saturated rings. The lowest BCUT2D eigenvalue weighted by Gasteiger charge is -2.10. The molecule has 0 atom stereocenters. The van der Waals surface area contributed by atoms with E-state index in [1.165, 1.54) is 5.56 Å². The maximum Gasteiger partial charge on any atom is 0.122 e. The van der Waals surface area contributed by atoms with E-state index in [0.717, 1.165) is 42.1 Å². The second-order valence-electron chi connectivity index (χ2n) is 5.59. The average molecular weight is 311 g/mol. The van der Waals surface area contributed by atoms with Gasteiger partial charge in [-0.15, -0.1) is 5.10 Å². The average Bonchev–Trinajstić information content (AvgIpc) is 3.22. The van der Waals surface area contributed by atoms with Crippen LogP contribution in [0.2, 0.25) is 0 Å². The minimum absolute atomic E-state index is 0.833. The maximum atomic E-state index is 5.36. The molecule has 2 aromatic heterocycles. The Labute approximate surface area is 135 Å². The quantitative estimate of drug-likeness (QED) is 0.702. The van der Waals surface area contributed by atoms with Crippen LogP contribution in [0.4, 0.5) is 0 Å². The number of hydrogen-bond acceptors (Lipinski definition) is 4. The summed E-state index contributed by atoms with van der Waals surface area (Å²) in [5.41, 5.74) is 4.31. The second kappa shape index (κ2) is 6.64. The van der Waals surface area contributed by atoms with E-state index >= 15 is 0 Å². The third kappa shape index (κ3) is 3.26. The van der Waals surface area contributed by atoms with Crippen LogP contribution in [0, 0.1) is 13.8 Å². The monoisotopic (exact) mass is 311 g/mol. The highest BCUT2D eigenvalue weighted by molar-refractivity contribution is 5.66. The SMILES string of the molecule is COc1ccc(-c2cn(CCCn3ccnc3)nn2)c(C)c1C. The fourth-order valence-electron chi connectivity index (χ4n) is 2.66. The van der Waals surface area contributed by atoms with Crippen molar-refractivity contribution in [2.24, 2.45) is 0 Å². The van der Waals surface area contributed by atoms with Crippen LogP contribution in [0.5, 0.6) is 5.75 Å². The van der Waals surface area contributed by atoms with Crippen LogP contribution in [-0.4, -0.2) is 31.7 Å². The predicted octanol–water partition coefficient (Wildman–Crippen LogP) is 2.86. The Kier molecular flexibility index (Phi) is 4.41. The first-order valence-corrected chi connectivity index (χ1v) is 7.69. The van der Waals surface area contributed by atoms with Crippen molar-refractivity contribution in [2.75, 3.05) is 7.11 Å². The number of benzene rings is 1. The van der Waals surface area contributed by atoms with Crippen molar-refractivity contribution in [1.82, 2.24) is 24.5 Å². The van der Waals surface area contributed by atoms with Gasteiger partial charge in [0.15, 0.2) is 0 Å². The standard InChI is InChI=1S/C17H21N5O/c1-13-14(2)17(23-3)6-5-15(13)16-11-22(20-19-16)9-4-8-21-10-7-18-12-21/h5-7,10-12H,4,8-9H2,1-3H3. The Hall–Kier alpha value is -2.63.